The van der Waals surface area contributed by atoms with E-state index in [4.69, 9.17) is 10.6 Å². The predicted molar refractivity (Wildman–Crippen MR) is 257 cm³/mol. The molecule has 1 aromatic carbocycles. The van der Waals surface area contributed by atoms with Crippen LogP contribution in [0.4, 0.5) is 9.93 Å². The van der Waals surface area contributed by atoms with Gasteiger partial charge in [-0.1, -0.05) is 47.2 Å². The third kappa shape index (κ3) is 10.3. The number of aromatic nitrogens is 4. The first kappa shape index (κ1) is 52.6. The summed E-state index contributed by atoms with van der Waals surface area (Å²) in [6, 6.07) is 3.12. The Kier molecular flexibility index (Phi) is 15.5. The zero-order valence-corrected chi connectivity index (χ0v) is 41.8. The van der Waals surface area contributed by atoms with Gasteiger partial charge in [-0.2, -0.15) is 4.98 Å². The number of aliphatic carboxylic acids is 2. The van der Waals surface area contributed by atoms with E-state index < -0.39 is 105 Å². The van der Waals surface area contributed by atoms with Crippen molar-refractivity contribution in [1.29, 1.82) is 0 Å². The Morgan fingerprint density at radius 1 is 0.986 bits per heavy atom. The van der Waals surface area contributed by atoms with E-state index in [-0.39, 0.29) is 52.0 Å². The van der Waals surface area contributed by atoms with Crippen LogP contribution in [0.3, 0.4) is 0 Å². The zero-order valence-electron chi connectivity index (χ0n) is 38.5. The average Bonchev–Trinajstić information content (AvgIpc) is 3.89. The van der Waals surface area contributed by atoms with Gasteiger partial charge in [0.1, 0.15) is 53.4 Å². The highest BCUT2D eigenvalue weighted by Crippen LogP contribution is 2.51. The molecule has 27 nitrogen and oxygen atoms in total. The molecular formula is C41H45N13O14S4. The number of carbonyl (C=O) groups is 9. The number of thioether (sulfide) groups is 3. The molecule has 0 aliphatic carbocycles. The minimum absolute atomic E-state index is 0.0200. The molecule has 0 bridgehead atoms. The average molecular weight is 1070 g/mol. The van der Waals surface area contributed by atoms with Crippen molar-refractivity contribution in [3.63, 3.8) is 0 Å². The van der Waals surface area contributed by atoms with Crippen LogP contribution >= 0.6 is 46.6 Å². The number of hydrogen-bond acceptors (Lipinski definition) is 21. The molecule has 2 aromatic heterocycles. The van der Waals surface area contributed by atoms with E-state index in [1.165, 1.54) is 57.5 Å². The maximum absolute atomic E-state index is 13.3. The lowest BCUT2D eigenvalue weighted by Crippen LogP contribution is -2.71. The molecule has 5 aliphatic rings. The van der Waals surface area contributed by atoms with E-state index in [0.29, 0.717) is 17.7 Å². The third-order valence-electron chi connectivity index (χ3n) is 11.6. The lowest BCUT2D eigenvalue weighted by molar-refractivity contribution is -0.161. The molecule has 8 amide bonds. The molecule has 0 unspecified atom stereocenters. The maximum Gasteiger partial charge on any atom is 0.352 e. The highest BCUT2D eigenvalue weighted by molar-refractivity contribution is 8.01. The lowest BCUT2D eigenvalue weighted by atomic mass is 9.95. The summed E-state index contributed by atoms with van der Waals surface area (Å²) in [5, 5.41) is 44.5. The van der Waals surface area contributed by atoms with E-state index in [1.54, 1.807) is 51.1 Å². The number of oxime groups is 1. The van der Waals surface area contributed by atoms with E-state index in [9.17, 15) is 63.3 Å². The van der Waals surface area contributed by atoms with Crippen molar-refractivity contribution >= 4 is 111 Å². The largest absolute Gasteiger partial charge is 0.488 e. The van der Waals surface area contributed by atoms with Crippen molar-refractivity contribution in [2.75, 3.05) is 44.0 Å². The smallest absolute Gasteiger partial charge is 0.352 e. The minimum Gasteiger partial charge on any atom is -0.488 e. The van der Waals surface area contributed by atoms with Gasteiger partial charge in [0.2, 0.25) is 11.8 Å². The number of aryl methyl sites for hydroxylation is 1. The third-order valence-corrected chi connectivity index (χ3v) is 16.2. The number of anilines is 1. The summed E-state index contributed by atoms with van der Waals surface area (Å²) in [4.78, 5) is 142. The molecule has 5 aliphatic heterocycles. The SMILES string of the molecule is CCN1CCN(C(=O)N[C@@H](C(=O)N[C@@H]2C(=O)N3[C@@H]2SC(C)(C)[C@@H]3C(=O)O)c2ccccc2)C(=O)C1=O.CO/N=C(\C(=O)N[C@@H]1C(=O)N2C(C(=O)O)=C(CSc3nc(=O)c(O)nn3C)CS[C@H]12)c1csc(N)n1. The number of rotatable bonds is 14. The molecule has 3 aromatic rings. The zero-order chi connectivity index (χ0) is 52.5. The van der Waals surface area contributed by atoms with Gasteiger partial charge in [-0.3, -0.25) is 43.4 Å². The van der Waals surface area contributed by atoms with Gasteiger partial charge >= 0.3 is 35.3 Å². The van der Waals surface area contributed by atoms with E-state index >= 15 is 0 Å². The molecule has 31 heteroatoms. The van der Waals surface area contributed by atoms with Gasteiger partial charge in [0, 0.05) is 48.3 Å². The van der Waals surface area contributed by atoms with Crippen LogP contribution < -0.4 is 27.2 Å². The number of aromatic hydroxyl groups is 1. The number of nitrogens with one attached hydrogen (secondary N) is 3. The topological polar surface area (TPSA) is 372 Å². The number of fused-ring (bicyclic) bond motifs is 2. The maximum atomic E-state index is 13.3. The van der Waals surface area contributed by atoms with Gasteiger partial charge in [-0.05, 0) is 31.9 Å². The number of thiazole rings is 1. The number of nitrogens with zero attached hydrogens (tertiary/aromatic N) is 9. The number of likely N-dealkylation sites (N-methyl/N-ethyl adjacent to an activating group) is 1. The number of urea groups is 1. The van der Waals surface area contributed by atoms with Gasteiger partial charge in [0.25, 0.3) is 17.7 Å². The molecule has 0 spiro atoms. The monoisotopic (exact) mass is 1070 g/mol. The van der Waals surface area contributed by atoms with E-state index in [2.05, 4.69) is 36.2 Å². The highest BCUT2D eigenvalue weighted by Gasteiger charge is 2.64. The molecule has 8 N–H and O–H groups in total. The summed E-state index contributed by atoms with van der Waals surface area (Å²) in [5.41, 5.74) is 5.34. The number of nitrogens with two attached hydrogens (primary N) is 1. The quantitative estimate of drug-likeness (QED) is 0.0320. The Balaban J connectivity index is 0.000000211. The van der Waals surface area contributed by atoms with E-state index in [0.717, 1.165) is 32.9 Å². The Bertz CT molecular complexity index is 2880. The van der Waals surface area contributed by atoms with Gasteiger partial charge in [0.05, 0.1) is 0 Å². The standard InChI is InChI=1S/C23H27N5O7S.C18H18N8O7S3/c1-4-26-10-11-27(19(32)18(26)31)22(35)25-13(12-8-6-5-7-9-12)16(29)24-14-17(30)28-15(21(33)34)23(2,3)36-20(14)28;1-25-18(22-12(28)13(29)23-25)36-4-6-3-34-15-9(14(30)26(15)10(6)16(31)32)21-11(27)8(24-33-2)7-5-35-17(19)20-7/h5-9,13-15,20H,4,10-11H2,1-3H3,(H,24,29)(H,25,35)(H,33,34);5,9,15H,3-4H2,1-2H3,(H2,19,20)(H,21,27)(H,23,29)(H,31,32)/b;24-8-/t13-,14-,15+,20-;9-,15-/m11/s1. The summed E-state index contributed by atoms with van der Waals surface area (Å²) < 4.78 is 0.433. The van der Waals surface area contributed by atoms with Crippen LogP contribution in [0, 0.1) is 0 Å². The second-order valence-electron chi connectivity index (χ2n) is 16.5. The Morgan fingerprint density at radius 3 is 2.31 bits per heavy atom. The molecule has 6 atom stereocenters. The molecule has 8 rings (SSSR count). The highest BCUT2D eigenvalue weighted by atomic mass is 32.2. The molecule has 4 saturated heterocycles. The van der Waals surface area contributed by atoms with Crippen molar-refractivity contribution in [3.8, 4) is 5.88 Å². The molecule has 0 radical (unpaired) electrons. The van der Waals surface area contributed by atoms with Crippen molar-refractivity contribution in [3.05, 3.63) is 68.6 Å². The molecule has 4 fully saturated rings. The predicted octanol–water partition coefficient (Wildman–Crippen LogP) is -1.44. The van der Waals surface area contributed by atoms with Crippen LogP contribution in [0.25, 0.3) is 0 Å². The molecule has 0 saturated carbocycles. The van der Waals surface area contributed by atoms with Gasteiger partial charge < -0.3 is 51.6 Å². The van der Waals surface area contributed by atoms with E-state index in [1.807, 2.05) is 0 Å². The number of nitrogen functional groups attached to an aromatic ring is 1. The summed E-state index contributed by atoms with van der Waals surface area (Å²) in [7, 11) is 2.72. The number of imide groups is 1. The number of carboxylic acid groups (broad SMARTS) is 2. The van der Waals surface area contributed by atoms with Crippen molar-refractivity contribution in [2.24, 2.45) is 12.2 Å². The first-order valence-electron chi connectivity index (χ1n) is 21.4. The number of β-lactam (4-membered cyclic amide) rings is 2. The number of piperazine rings is 1. The Hall–Kier alpha value is -7.25. The van der Waals surface area contributed by atoms with Crippen LogP contribution in [0.15, 0.2) is 62.1 Å². The number of amides is 8. The fourth-order valence-corrected chi connectivity index (χ4v) is 12.7. The minimum atomic E-state index is -1.31. The molecule has 382 valence electrons. The van der Waals surface area contributed by atoms with Crippen molar-refractivity contribution in [2.45, 2.75) is 65.6 Å². The molecule has 7 heterocycles. The fraction of sp³-hybridized carbons (Fsp3) is 0.415. The Labute approximate surface area is 423 Å². The second kappa shape index (κ2) is 21.2. The number of hydrogen-bond donors (Lipinski definition) is 7. The van der Waals surface area contributed by atoms with Crippen LogP contribution in [-0.2, 0) is 50.2 Å². The summed E-state index contributed by atoms with van der Waals surface area (Å²) in [6.07, 6.45) is 0. The number of benzene rings is 1. The van der Waals surface area contributed by atoms with Gasteiger partial charge in [-0.15, -0.1) is 40.0 Å². The second-order valence-corrected chi connectivity index (χ2v) is 21.2. The summed E-state index contributed by atoms with van der Waals surface area (Å²) in [5.74, 6) is -7.16. The van der Waals surface area contributed by atoms with Gasteiger partial charge in [-0.25, -0.2) is 24.0 Å². The molecular weight excluding hydrogens is 1030 g/mol. The number of carboxylic acids is 2. The van der Waals surface area contributed by atoms with Crippen LogP contribution in [-0.4, -0.2) is 186 Å². The molecule has 72 heavy (non-hydrogen) atoms. The summed E-state index contributed by atoms with van der Waals surface area (Å²) >= 11 is 4.69. The van der Waals surface area contributed by atoms with Crippen LogP contribution in [0.2, 0.25) is 0 Å². The first-order chi connectivity index (χ1) is 34.1. The lowest BCUT2D eigenvalue weighted by Gasteiger charge is -2.49. The van der Waals surface area contributed by atoms with Gasteiger partial charge in [0.15, 0.2) is 16.0 Å². The van der Waals surface area contributed by atoms with Crippen LogP contribution in [0.1, 0.15) is 38.1 Å². The first-order valence-corrected chi connectivity index (χ1v) is 25.2. The summed E-state index contributed by atoms with van der Waals surface area (Å²) in [6.45, 7) is 5.67. The normalized spacial score (nSPS) is 22.6. The number of carbonyl (C=O) groups excluding carboxylic acids is 7. The van der Waals surface area contributed by atoms with Crippen LogP contribution in [0.5, 0.6) is 5.88 Å². The Morgan fingerprint density at radius 2 is 1.68 bits per heavy atom. The van der Waals surface area contributed by atoms with Crippen molar-refractivity contribution < 1.29 is 63.3 Å². The fourth-order valence-electron chi connectivity index (χ4n) is 8.11. The van der Waals surface area contributed by atoms with Crippen molar-refractivity contribution in [1.82, 2.24) is 55.3 Å².